The van der Waals surface area contributed by atoms with Gasteiger partial charge in [-0.05, 0) is 24.3 Å². The van der Waals surface area contributed by atoms with Gasteiger partial charge in [0.1, 0.15) is 11.5 Å². The molecule has 0 unspecified atom stereocenters. The lowest BCUT2D eigenvalue weighted by Gasteiger charge is -2.08. The Balaban J connectivity index is 1.82. The normalized spacial score (nSPS) is 10.2. The molecular weight excluding hydrogens is 272 g/mol. The third kappa shape index (κ3) is 4.24. The van der Waals surface area contributed by atoms with Crippen LogP contribution in [0.4, 0.5) is 0 Å². The van der Waals surface area contributed by atoms with E-state index in [1.54, 1.807) is 13.2 Å². The molecule has 0 spiro atoms. The summed E-state index contributed by atoms with van der Waals surface area (Å²) >= 11 is 0. The molecule has 1 heterocycles. The monoisotopic (exact) mass is 290 g/mol. The van der Waals surface area contributed by atoms with Crippen LogP contribution in [-0.4, -0.2) is 30.6 Å². The predicted octanol–water partition coefficient (Wildman–Crippen LogP) is 1.73. The van der Waals surface area contributed by atoms with E-state index in [9.17, 15) is 4.79 Å². The van der Waals surface area contributed by atoms with Crippen molar-refractivity contribution in [3.63, 3.8) is 0 Å². The van der Waals surface area contributed by atoms with Gasteiger partial charge in [-0.15, -0.1) is 5.10 Å². The van der Waals surface area contributed by atoms with E-state index >= 15 is 0 Å². The first-order chi connectivity index (χ1) is 10.2. The highest BCUT2D eigenvalue weighted by Crippen LogP contribution is 2.17. The van der Waals surface area contributed by atoms with E-state index in [2.05, 4.69) is 5.10 Å². The van der Waals surface area contributed by atoms with Gasteiger partial charge in [-0.25, -0.2) is 4.68 Å². The molecule has 0 atom stereocenters. The largest absolute Gasteiger partial charge is 0.497 e. The fourth-order valence-corrected chi connectivity index (χ4v) is 1.78. The Hall–Kier alpha value is -2.50. The smallest absolute Gasteiger partial charge is 0.266 e. The second-order valence-corrected chi connectivity index (χ2v) is 4.31. The summed E-state index contributed by atoms with van der Waals surface area (Å²) in [6.07, 6.45) is 0.673. The SMILES string of the molecule is COc1ccc(OCCCn2nc(OC)ccc2=O)cc1. The molecule has 0 fully saturated rings. The molecule has 21 heavy (non-hydrogen) atoms. The van der Waals surface area contributed by atoms with Gasteiger partial charge in [-0.3, -0.25) is 4.79 Å². The number of methoxy groups -OCH3 is 2. The lowest BCUT2D eigenvalue weighted by Crippen LogP contribution is -2.23. The lowest BCUT2D eigenvalue weighted by atomic mass is 10.3. The zero-order valence-corrected chi connectivity index (χ0v) is 12.1. The van der Waals surface area contributed by atoms with Gasteiger partial charge in [-0.2, -0.15) is 0 Å². The molecular formula is C15H18N2O4. The fraction of sp³-hybridized carbons (Fsp3) is 0.333. The molecule has 0 saturated heterocycles. The number of aryl methyl sites for hydroxylation is 1. The molecule has 1 aromatic carbocycles. The first kappa shape index (κ1) is 14.9. The number of hydrogen-bond acceptors (Lipinski definition) is 5. The third-order valence-electron chi connectivity index (χ3n) is 2.89. The standard InChI is InChI=1S/C15H18N2O4/c1-19-12-4-6-13(7-5-12)21-11-3-10-17-15(18)9-8-14(16-17)20-2/h4-9H,3,10-11H2,1-2H3. The Morgan fingerprint density at radius 3 is 2.38 bits per heavy atom. The molecule has 0 saturated carbocycles. The first-order valence-electron chi connectivity index (χ1n) is 6.62. The van der Waals surface area contributed by atoms with Gasteiger partial charge >= 0.3 is 0 Å². The Morgan fingerprint density at radius 2 is 1.71 bits per heavy atom. The average Bonchev–Trinajstić information content (AvgIpc) is 2.53. The fourth-order valence-electron chi connectivity index (χ4n) is 1.78. The molecule has 0 aliphatic heterocycles. The van der Waals surface area contributed by atoms with Crippen molar-refractivity contribution in [2.75, 3.05) is 20.8 Å². The molecule has 0 bridgehead atoms. The van der Waals surface area contributed by atoms with E-state index < -0.39 is 0 Å². The summed E-state index contributed by atoms with van der Waals surface area (Å²) in [5.74, 6) is 1.97. The zero-order valence-electron chi connectivity index (χ0n) is 12.1. The van der Waals surface area contributed by atoms with Crippen LogP contribution in [0.5, 0.6) is 17.4 Å². The highest BCUT2D eigenvalue weighted by Gasteiger charge is 2.01. The average molecular weight is 290 g/mol. The van der Waals surface area contributed by atoms with Crippen LogP contribution in [0.25, 0.3) is 0 Å². The number of hydrogen-bond donors (Lipinski definition) is 0. The Bertz CT molecular complexity index is 622. The molecule has 0 N–H and O–H groups in total. The van der Waals surface area contributed by atoms with Crippen LogP contribution in [-0.2, 0) is 6.54 Å². The van der Waals surface area contributed by atoms with Gasteiger partial charge in [-0.1, -0.05) is 0 Å². The summed E-state index contributed by atoms with van der Waals surface area (Å²) in [5.41, 5.74) is -0.153. The molecule has 6 heteroatoms. The summed E-state index contributed by atoms with van der Waals surface area (Å²) in [7, 11) is 3.14. The highest BCUT2D eigenvalue weighted by molar-refractivity contribution is 5.31. The van der Waals surface area contributed by atoms with Gasteiger partial charge in [0.25, 0.3) is 5.56 Å². The Morgan fingerprint density at radius 1 is 1.00 bits per heavy atom. The van der Waals surface area contributed by atoms with Crippen molar-refractivity contribution < 1.29 is 14.2 Å². The van der Waals surface area contributed by atoms with Crippen molar-refractivity contribution in [3.05, 3.63) is 46.8 Å². The number of ether oxygens (including phenoxy) is 3. The van der Waals surface area contributed by atoms with E-state index in [1.165, 1.54) is 17.9 Å². The summed E-state index contributed by atoms with van der Waals surface area (Å²) in [6.45, 7) is 0.976. The number of benzene rings is 1. The molecule has 2 aromatic rings. The molecule has 0 radical (unpaired) electrons. The van der Waals surface area contributed by atoms with Crippen LogP contribution in [0.3, 0.4) is 0 Å². The number of nitrogens with zero attached hydrogens (tertiary/aromatic N) is 2. The summed E-state index contributed by atoms with van der Waals surface area (Å²) < 4.78 is 17.0. The second kappa shape index (κ2) is 7.33. The van der Waals surface area contributed by atoms with Crippen LogP contribution in [0.2, 0.25) is 0 Å². The van der Waals surface area contributed by atoms with E-state index in [0.29, 0.717) is 25.5 Å². The van der Waals surface area contributed by atoms with Crippen molar-refractivity contribution in [1.82, 2.24) is 9.78 Å². The maximum absolute atomic E-state index is 11.6. The van der Waals surface area contributed by atoms with Crippen molar-refractivity contribution in [2.45, 2.75) is 13.0 Å². The molecule has 0 amide bonds. The Kier molecular flexibility index (Phi) is 5.20. The second-order valence-electron chi connectivity index (χ2n) is 4.31. The molecule has 112 valence electrons. The van der Waals surface area contributed by atoms with Gasteiger partial charge in [0, 0.05) is 25.1 Å². The molecule has 2 rings (SSSR count). The van der Waals surface area contributed by atoms with E-state index in [-0.39, 0.29) is 5.56 Å². The number of rotatable bonds is 7. The van der Waals surface area contributed by atoms with E-state index in [0.717, 1.165) is 11.5 Å². The van der Waals surface area contributed by atoms with Crippen molar-refractivity contribution >= 4 is 0 Å². The molecule has 1 aromatic heterocycles. The summed E-state index contributed by atoms with van der Waals surface area (Å²) in [4.78, 5) is 11.6. The quantitative estimate of drug-likeness (QED) is 0.727. The minimum Gasteiger partial charge on any atom is -0.497 e. The van der Waals surface area contributed by atoms with Gasteiger partial charge in [0.2, 0.25) is 5.88 Å². The lowest BCUT2D eigenvalue weighted by molar-refractivity contribution is 0.293. The van der Waals surface area contributed by atoms with Crippen molar-refractivity contribution in [3.8, 4) is 17.4 Å². The zero-order chi connectivity index (χ0) is 15.1. The predicted molar refractivity (Wildman–Crippen MR) is 78.2 cm³/mol. The van der Waals surface area contributed by atoms with Crippen LogP contribution in [0.15, 0.2) is 41.2 Å². The molecule has 0 aliphatic carbocycles. The number of aromatic nitrogens is 2. The first-order valence-corrected chi connectivity index (χ1v) is 6.62. The summed E-state index contributed by atoms with van der Waals surface area (Å²) in [5, 5.41) is 4.07. The van der Waals surface area contributed by atoms with Gasteiger partial charge < -0.3 is 14.2 Å². The van der Waals surface area contributed by atoms with E-state index in [1.807, 2.05) is 24.3 Å². The minimum absolute atomic E-state index is 0.153. The highest BCUT2D eigenvalue weighted by atomic mass is 16.5. The topological polar surface area (TPSA) is 62.6 Å². The molecule has 0 aliphatic rings. The Labute approximate surface area is 122 Å². The van der Waals surface area contributed by atoms with Crippen LogP contribution < -0.4 is 19.8 Å². The maximum Gasteiger partial charge on any atom is 0.266 e. The summed E-state index contributed by atoms with van der Waals surface area (Å²) in [6, 6.07) is 10.3. The van der Waals surface area contributed by atoms with Crippen molar-refractivity contribution in [1.29, 1.82) is 0 Å². The van der Waals surface area contributed by atoms with Gasteiger partial charge in [0.05, 0.1) is 20.8 Å². The maximum atomic E-state index is 11.6. The van der Waals surface area contributed by atoms with Crippen LogP contribution >= 0.6 is 0 Å². The van der Waals surface area contributed by atoms with Crippen LogP contribution in [0, 0.1) is 0 Å². The van der Waals surface area contributed by atoms with Gasteiger partial charge in [0.15, 0.2) is 0 Å². The van der Waals surface area contributed by atoms with Crippen molar-refractivity contribution in [2.24, 2.45) is 0 Å². The van der Waals surface area contributed by atoms with E-state index in [4.69, 9.17) is 14.2 Å². The molecule has 6 nitrogen and oxygen atoms in total. The minimum atomic E-state index is -0.153. The third-order valence-corrected chi connectivity index (χ3v) is 2.89. The van der Waals surface area contributed by atoms with Crippen LogP contribution in [0.1, 0.15) is 6.42 Å².